The first kappa shape index (κ1) is 18.5. The van der Waals surface area contributed by atoms with Gasteiger partial charge in [-0.1, -0.05) is 24.4 Å². The fraction of sp³-hybridized carbons (Fsp3) is 0.500. The third-order valence-corrected chi connectivity index (χ3v) is 4.79. The Bertz CT molecular complexity index is 703. The molecule has 1 aromatic rings. The van der Waals surface area contributed by atoms with Crippen LogP contribution in [0.2, 0.25) is 5.02 Å². The predicted molar refractivity (Wildman–Crippen MR) is 94.0 cm³/mol. The average molecular weight is 381 g/mol. The highest BCUT2D eigenvalue weighted by Gasteiger charge is 2.28. The van der Waals surface area contributed by atoms with Gasteiger partial charge in [0.05, 0.1) is 5.92 Å². The summed E-state index contributed by atoms with van der Waals surface area (Å²) >= 11 is 5.95. The van der Waals surface area contributed by atoms with E-state index in [0.717, 1.165) is 31.2 Å². The smallest absolute Gasteiger partial charge is 0.321 e. The van der Waals surface area contributed by atoms with Gasteiger partial charge in [-0.15, -0.1) is 0 Å². The van der Waals surface area contributed by atoms with Crippen molar-refractivity contribution >= 4 is 29.5 Å². The minimum atomic E-state index is -0.658. The maximum atomic E-state index is 12.1. The van der Waals surface area contributed by atoms with Crippen molar-refractivity contribution in [3.63, 3.8) is 0 Å². The quantitative estimate of drug-likeness (QED) is 0.781. The summed E-state index contributed by atoms with van der Waals surface area (Å²) in [6.45, 7) is -0.326. The van der Waals surface area contributed by atoms with Crippen molar-refractivity contribution in [2.45, 2.75) is 38.1 Å². The lowest BCUT2D eigenvalue weighted by Gasteiger charge is -2.24. The Morgan fingerprint density at radius 2 is 2.00 bits per heavy atom. The summed E-state index contributed by atoms with van der Waals surface area (Å²) in [4.78, 5) is 35.6. The Morgan fingerprint density at radius 1 is 1.23 bits per heavy atom. The first-order chi connectivity index (χ1) is 12.5. The standard InChI is InChI=1S/C18H21ClN2O5/c19-13-5-6-15-11(8-13)7-12(9-25-15)17(23)26-10-16(22)21-18(24)20-14-3-1-2-4-14/h5-6,8,12,14H,1-4,7,9-10H2,(H2,20,21,22,24). The summed E-state index contributed by atoms with van der Waals surface area (Å²) in [6, 6.07) is 4.78. The summed E-state index contributed by atoms with van der Waals surface area (Å²) in [5, 5.41) is 5.47. The van der Waals surface area contributed by atoms with E-state index in [4.69, 9.17) is 21.1 Å². The molecular formula is C18H21ClN2O5. The van der Waals surface area contributed by atoms with Crippen LogP contribution >= 0.6 is 11.6 Å². The predicted octanol–water partition coefficient (Wildman–Crippen LogP) is 2.20. The third kappa shape index (κ3) is 4.88. The molecule has 0 saturated heterocycles. The number of rotatable bonds is 4. The van der Waals surface area contributed by atoms with E-state index in [-0.39, 0.29) is 12.6 Å². The number of ether oxygens (including phenoxy) is 2. The van der Waals surface area contributed by atoms with Crippen LogP contribution in [0.25, 0.3) is 0 Å². The van der Waals surface area contributed by atoms with E-state index < -0.39 is 30.4 Å². The number of amides is 3. The monoisotopic (exact) mass is 380 g/mol. The Hall–Kier alpha value is -2.28. The molecule has 0 aromatic heterocycles. The molecule has 0 spiro atoms. The van der Waals surface area contributed by atoms with Gasteiger partial charge in [-0.3, -0.25) is 14.9 Å². The van der Waals surface area contributed by atoms with Gasteiger partial charge in [0.25, 0.3) is 5.91 Å². The molecule has 1 atom stereocenters. The van der Waals surface area contributed by atoms with Crippen molar-refractivity contribution in [3.8, 4) is 5.75 Å². The van der Waals surface area contributed by atoms with Crippen molar-refractivity contribution in [1.82, 2.24) is 10.6 Å². The second kappa shape index (κ2) is 8.40. The van der Waals surface area contributed by atoms with Crippen LogP contribution in [-0.4, -0.2) is 37.2 Å². The summed E-state index contributed by atoms with van der Waals surface area (Å²) < 4.78 is 10.5. The lowest BCUT2D eigenvalue weighted by atomic mass is 9.97. The van der Waals surface area contributed by atoms with Gasteiger partial charge in [-0.05, 0) is 43.0 Å². The van der Waals surface area contributed by atoms with E-state index in [1.807, 2.05) is 0 Å². The van der Waals surface area contributed by atoms with Crippen molar-refractivity contribution in [1.29, 1.82) is 0 Å². The molecule has 0 bridgehead atoms. The van der Waals surface area contributed by atoms with E-state index in [9.17, 15) is 14.4 Å². The minimum absolute atomic E-state index is 0.108. The third-order valence-electron chi connectivity index (χ3n) is 4.55. The van der Waals surface area contributed by atoms with Gasteiger partial charge in [-0.2, -0.15) is 0 Å². The molecule has 1 heterocycles. The Morgan fingerprint density at radius 3 is 2.77 bits per heavy atom. The molecule has 1 fully saturated rings. The van der Waals surface area contributed by atoms with Crippen LogP contribution in [0.5, 0.6) is 5.75 Å². The van der Waals surface area contributed by atoms with Crippen LogP contribution in [0, 0.1) is 5.92 Å². The summed E-state index contributed by atoms with van der Waals surface area (Å²) in [5.41, 5.74) is 0.825. The number of imide groups is 1. The number of nitrogens with one attached hydrogen (secondary N) is 2. The minimum Gasteiger partial charge on any atom is -0.492 e. The number of esters is 1. The van der Waals surface area contributed by atoms with Gasteiger partial charge in [0.2, 0.25) is 0 Å². The van der Waals surface area contributed by atoms with Crippen molar-refractivity contribution < 1.29 is 23.9 Å². The Balaban J connectivity index is 1.42. The molecule has 1 saturated carbocycles. The molecule has 2 N–H and O–H groups in total. The molecular weight excluding hydrogens is 360 g/mol. The van der Waals surface area contributed by atoms with Gasteiger partial charge >= 0.3 is 12.0 Å². The normalized spacial score (nSPS) is 19.2. The van der Waals surface area contributed by atoms with Gasteiger partial charge in [-0.25, -0.2) is 4.79 Å². The van der Waals surface area contributed by atoms with Crippen molar-refractivity contribution in [2.75, 3.05) is 13.2 Å². The van der Waals surface area contributed by atoms with E-state index in [1.165, 1.54) is 0 Å². The average Bonchev–Trinajstić information content (AvgIpc) is 3.11. The molecule has 1 aromatic carbocycles. The van der Waals surface area contributed by atoms with Crippen LogP contribution in [0.15, 0.2) is 18.2 Å². The van der Waals surface area contributed by atoms with Crippen LogP contribution in [0.4, 0.5) is 4.79 Å². The van der Waals surface area contributed by atoms with Crippen LogP contribution < -0.4 is 15.4 Å². The van der Waals surface area contributed by atoms with E-state index in [2.05, 4.69) is 10.6 Å². The first-order valence-corrected chi connectivity index (χ1v) is 9.07. The summed E-state index contributed by atoms with van der Waals surface area (Å²) in [7, 11) is 0. The number of fused-ring (bicyclic) bond motifs is 1. The van der Waals surface area contributed by atoms with Crippen LogP contribution in [0.1, 0.15) is 31.2 Å². The molecule has 26 heavy (non-hydrogen) atoms. The number of urea groups is 1. The number of hydrogen-bond donors (Lipinski definition) is 2. The van der Waals surface area contributed by atoms with Gasteiger partial charge < -0.3 is 14.8 Å². The second-order valence-corrected chi connectivity index (χ2v) is 7.01. The van der Waals surface area contributed by atoms with Gasteiger partial charge in [0.1, 0.15) is 12.4 Å². The summed E-state index contributed by atoms with van der Waals surface area (Å²) in [6.07, 6.45) is 4.43. The van der Waals surface area contributed by atoms with Gasteiger partial charge in [0, 0.05) is 11.1 Å². The molecule has 1 aliphatic heterocycles. The first-order valence-electron chi connectivity index (χ1n) is 8.69. The zero-order valence-electron chi connectivity index (χ0n) is 14.3. The van der Waals surface area contributed by atoms with Crippen LogP contribution in [-0.2, 0) is 20.7 Å². The number of halogens is 1. The number of carbonyl (C=O) groups excluding carboxylic acids is 3. The van der Waals surface area contributed by atoms with Crippen molar-refractivity contribution in [3.05, 3.63) is 28.8 Å². The fourth-order valence-corrected chi connectivity index (χ4v) is 3.42. The molecule has 7 nitrogen and oxygen atoms in total. The number of carbonyl (C=O) groups is 3. The lowest BCUT2D eigenvalue weighted by Crippen LogP contribution is -2.45. The number of hydrogen-bond acceptors (Lipinski definition) is 5. The molecule has 1 unspecified atom stereocenters. The van der Waals surface area contributed by atoms with Crippen molar-refractivity contribution in [2.24, 2.45) is 5.92 Å². The summed E-state index contributed by atoms with van der Waals surface area (Å²) in [5.74, 6) is -1.02. The topological polar surface area (TPSA) is 93.7 Å². The largest absolute Gasteiger partial charge is 0.492 e. The lowest BCUT2D eigenvalue weighted by molar-refractivity contribution is -0.153. The van der Waals surface area contributed by atoms with E-state index in [0.29, 0.717) is 17.2 Å². The highest BCUT2D eigenvalue weighted by atomic mass is 35.5. The molecule has 0 radical (unpaired) electrons. The number of benzene rings is 1. The maximum absolute atomic E-state index is 12.1. The Labute approximate surface area is 156 Å². The molecule has 3 amide bonds. The highest BCUT2D eigenvalue weighted by Crippen LogP contribution is 2.30. The molecule has 3 rings (SSSR count). The SMILES string of the molecule is O=C(COC(=O)C1COc2ccc(Cl)cc2C1)NC(=O)NC1CCCC1. The van der Waals surface area contributed by atoms with E-state index >= 15 is 0 Å². The zero-order valence-corrected chi connectivity index (χ0v) is 15.0. The molecule has 140 valence electrons. The highest BCUT2D eigenvalue weighted by molar-refractivity contribution is 6.30. The van der Waals surface area contributed by atoms with E-state index in [1.54, 1.807) is 18.2 Å². The Kier molecular flexibility index (Phi) is 5.98. The maximum Gasteiger partial charge on any atom is 0.321 e. The fourth-order valence-electron chi connectivity index (χ4n) is 3.22. The zero-order chi connectivity index (χ0) is 18.5. The molecule has 1 aliphatic carbocycles. The second-order valence-electron chi connectivity index (χ2n) is 6.57. The van der Waals surface area contributed by atoms with Gasteiger partial charge in [0.15, 0.2) is 6.61 Å². The molecule has 2 aliphatic rings. The van der Waals surface area contributed by atoms with Crippen LogP contribution in [0.3, 0.4) is 0 Å². The molecule has 8 heteroatoms.